The van der Waals surface area contributed by atoms with Crippen LogP contribution in [0.4, 0.5) is 10.1 Å². The van der Waals surface area contributed by atoms with Crippen molar-refractivity contribution in [1.82, 2.24) is 0 Å². The summed E-state index contributed by atoms with van der Waals surface area (Å²) in [6, 6.07) is 4.31. The van der Waals surface area contributed by atoms with Crippen LogP contribution in [0.1, 0.15) is 30.4 Å². The van der Waals surface area contributed by atoms with E-state index in [1.54, 1.807) is 0 Å². The van der Waals surface area contributed by atoms with Gasteiger partial charge in [0.2, 0.25) is 5.91 Å². The van der Waals surface area contributed by atoms with E-state index >= 15 is 0 Å². The zero-order valence-corrected chi connectivity index (χ0v) is 11.5. The number of hydrogen-bond donors (Lipinski definition) is 2. The molecule has 1 aromatic carbocycles. The van der Waals surface area contributed by atoms with Crippen LogP contribution in [-0.4, -0.2) is 17.0 Å². The quantitative estimate of drug-likeness (QED) is 0.894. The number of carbonyl (C=O) groups excluding carboxylic acids is 1. The number of nitriles is 1. The van der Waals surface area contributed by atoms with Gasteiger partial charge in [-0.2, -0.15) is 5.26 Å². The molecule has 0 aromatic heterocycles. The lowest BCUT2D eigenvalue weighted by Gasteiger charge is -2.17. The van der Waals surface area contributed by atoms with Crippen molar-refractivity contribution in [2.45, 2.75) is 26.2 Å². The van der Waals surface area contributed by atoms with E-state index < -0.39 is 29.5 Å². The molecule has 2 unspecified atom stereocenters. The van der Waals surface area contributed by atoms with Gasteiger partial charge >= 0.3 is 5.97 Å². The third-order valence-electron chi connectivity index (χ3n) is 3.90. The van der Waals surface area contributed by atoms with Gasteiger partial charge in [-0.15, -0.1) is 0 Å². The Labute approximate surface area is 121 Å². The molecule has 5 nitrogen and oxygen atoms in total. The molecule has 1 fully saturated rings. The summed E-state index contributed by atoms with van der Waals surface area (Å²) in [6.07, 6.45) is 1.65. The highest BCUT2D eigenvalue weighted by Gasteiger charge is 2.37. The Hall–Kier alpha value is -2.42. The van der Waals surface area contributed by atoms with E-state index in [0.717, 1.165) is 6.07 Å². The second-order valence-corrected chi connectivity index (χ2v) is 5.21. The van der Waals surface area contributed by atoms with Crippen LogP contribution < -0.4 is 5.32 Å². The van der Waals surface area contributed by atoms with Gasteiger partial charge in [0.05, 0.1) is 23.5 Å². The standard InChI is InChI=1S/C15H15FN2O3/c1-8-12(16)5-9(7-17)6-13(8)18-14(19)10-3-2-4-11(10)15(20)21/h5-6,10-11H,2-4H2,1H3,(H,18,19)(H,20,21). The number of nitrogens with one attached hydrogen (secondary N) is 1. The molecule has 0 spiro atoms. The van der Waals surface area contributed by atoms with Crippen molar-refractivity contribution in [3.05, 3.63) is 29.1 Å². The maximum atomic E-state index is 13.7. The highest BCUT2D eigenvalue weighted by Crippen LogP contribution is 2.33. The maximum absolute atomic E-state index is 13.7. The molecule has 2 rings (SSSR count). The van der Waals surface area contributed by atoms with E-state index in [2.05, 4.69) is 5.32 Å². The first-order valence-corrected chi connectivity index (χ1v) is 6.68. The summed E-state index contributed by atoms with van der Waals surface area (Å²) in [5.74, 6) is -3.31. The highest BCUT2D eigenvalue weighted by atomic mass is 19.1. The van der Waals surface area contributed by atoms with Crippen LogP contribution in [0.3, 0.4) is 0 Å². The number of carbonyl (C=O) groups is 2. The van der Waals surface area contributed by atoms with Crippen LogP contribution in [0.5, 0.6) is 0 Å². The van der Waals surface area contributed by atoms with Crippen molar-refractivity contribution in [3.63, 3.8) is 0 Å². The Morgan fingerprint density at radius 2 is 2.05 bits per heavy atom. The van der Waals surface area contributed by atoms with Gasteiger partial charge in [0.25, 0.3) is 0 Å². The SMILES string of the molecule is Cc1c(F)cc(C#N)cc1NC(=O)C1CCCC1C(=O)O. The molecule has 1 saturated carbocycles. The number of hydrogen-bond acceptors (Lipinski definition) is 3. The molecular formula is C15H15FN2O3. The van der Waals surface area contributed by atoms with E-state index in [-0.39, 0.29) is 16.8 Å². The maximum Gasteiger partial charge on any atom is 0.307 e. The fourth-order valence-electron chi connectivity index (χ4n) is 2.67. The smallest absolute Gasteiger partial charge is 0.307 e. The molecule has 6 heteroatoms. The molecule has 0 saturated heterocycles. The number of carboxylic acids is 1. The van der Waals surface area contributed by atoms with Gasteiger partial charge in [-0.05, 0) is 31.9 Å². The fourth-order valence-corrected chi connectivity index (χ4v) is 2.67. The number of halogens is 1. The van der Waals surface area contributed by atoms with Crippen molar-refractivity contribution < 1.29 is 19.1 Å². The number of benzene rings is 1. The fraction of sp³-hybridized carbons (Fsp3) is 0.400. The van der Waals surface area contributed by atoms with Crippen LogP contribution in [0, 0.1) is 35.9 Å². The molecule has 0 heterocycles. The zero-order valence-electron chi connectivity index (χ0n) is 11.5. The Balaban J connectivity index is 2.22. The van der Waals surface area contributed by atoms with Gasteiger partial charge < -0.3 is 10.4 Å². The third-order valence-corrected chi connectivity index (χ3v) is 3.90. The van der Waals surface area contributed by atoms with Crippen molar-refractivity contribution in [2.24, 2.45) is 11.8 Å². The van der Waals surface area contributed by atoms with Crippen molar-refractivity contribution in [3.8, 4) is 6.07 Å². The van der Waals surface area contributed by atoms with Crippen molar-refractivity contribution in [1.29, 1.82) is 5.26 Å². The molecule has 2 atom stereocenters. The van der Waals surface area contributed by atoms with Gasteiger partial charge in [0.15, 0.2) is 0 Å². The lowest BCUT2D eigenvalue weighted by atomic mass is 9.95. The predicted octanol–water partition coefficient (Wildman–Crippen LogP) is 2.45. The largest absolute Gasteiger partial charge is 0.481 e. The number of nitrogens with zero attached hydrogens (tertiary/aromatic N) is 1. The molecule has 1 aliphatic rings. The summed E-state index contributed by atoms with van der Waals surface area (Å²) in [5, 5.41) is 20.5. The first-order chi connectivity index (χ1) is 9.93. The van der Waals surface area contributed by atoms with Crippen LogP contribution >= 0.6 is 0 Å². The van der Waals surface area contributed by atoms with Crippen LogP contribution in [-0.2, 0) is 9.59 Å². The summed E-state index contributed by atoms with van der Waals surface area (Å²) >= 11 is 0. The normalized spacial score (nSPS) is 20.8. The van der Waals surface area contributed by atoms with Crippen molar-refractivity contribution in [2.75, 3.05) is 5.32 Å². The van der Waals surface area contributed by atoms with Crippen LogP contribution in [0.25, 0.3) is 0 Å². The Morgan fingerprint density at radius 3 is 2.67 bits per heavy atom. The topological polar surface area (TPSA) is 90.2 Å². The van der Waals surface area contributed by atoms with Gasteiger partial charge in [-0.1, -0.05) is 6.42 Å². The summed E-state index contributed by atoms with van der Waals surface area (Å²) in [6.45, 7) is 1.50. The number of aliphatic carboxylic acids is 1. The van der Waals surface area contributed by atoms with Gasteiger partial charge in [0, 0.05) is 11.3 Å². The predicted molar refractivity (Wildman–Crippen MR) is 72.9 cm³/mol. The number of amides is 1. The minimum Gasteiger partial charge on any atom is -0.481 e. The molecule has 21 heavy (non-hydrogen) atoms. The summed E-state index contributed by atoms with van der Waals surface area (Å²) in [7, 11) is 0. The summed E-state index contributed by atoms with van der Waals surface area (Å²) < 4.78 is 13.7. The number of rotatable bonds is 3. The second kappa shape index (κ2) is 5.92. The average Bonchev–Trinajstić information content (AvgIpc) is 2.93. The van der Waals surface area contributed by atoms with E-state index in [1.165, 1.54) is 13.0 Å². The van der Waals surface area contributed by atoms with Gasteiger partial charge in [-0.3, -0.25) is 9.59 Å². The van der Waals surface area contributed by atoms with E-state index in [1.807, 2.05) is 6.07 Å². The van der Waals surface area contributed by atoms with E-state index in [4.69, 9.17) is 10.4 Å². The van der Waals surface area contributed by atoms with E-state index in [0.29, 0.717) is 19.3 Å². The first-order valence-electron chi connectivity index (χ1n) is 6.68. The molecule has 0 bridgehead atoms. The molecule has 0 aliphatic heterocycles. The minimum absolute atomic E-state index is 0.106. The molecule has 1 aromatic rings. The average molecular weight is 290 g/mol. The van der Waals surface area contributed by atoms with E-state index in [9.17, 15) is 14.0 Å². The zero-order chi connectivity index (χ0) is 15.6. The lowest BCUT2D eigenvalue weighted by molar-refractivity contribution is -0.145. The molecule has 2 N–H and O–H groups in total. The third kappa shape index (κ3) is 3.02. The second-order valence-electron chi connectivity index (χ2n) is 5.21. The Bertz CT molecular complexity index is 637. The molecular weight excluding hydrogens is 275 g/mol. The monoisotopic (exact) mass is 290 g/mol. The van der Waals surface area contributed by atoms with Crippen molar-refractivity contribution >= 4 is 17.6 Å². The molecule has 1 aliphatic carbocycles. The number of anilines is 1. The molecule has 1 amide bonds. The van der Waals surface area contributed by atoms with Gasteiger partial charge in [-0.25, -0.2) is 4.39 Å². The minimum atomic E-state index is -0.985. The van der Waals surface area contributed by atoms with Gasteiger partial charge in [0.1, 0.15) is 5.82 Å². The summed E-state index contributed by atoms with van der Waals surface area (Å²) in [4.78, 5) is 23.3. The number of carboxylic acid groups (broad SMARTS) is 1. The lowest BCUT2D eigenvalue weighted by Crippen LogP contribution is -2.30. The van der Waals surface area contributed by atoms with Crippen LogP contribution in [0.2, 0.25) is 0 Å². The Morgan fingerprint density at radius 1 is 1.38 bits per heavy atom. The first kappa shape index (κ1) is 15.0. The highest BCUT2D eigenvalue weighted by molar-refractivity contribution is 5.96. The Kier molecular flexibility index (Phi) is 4.22. The van der Waals surface area contributed by atoms with Crippen LogP contribution in [0.15, 0.2) is 12.1 Å². The molecule has 110 valence electrons. The summed E-state index contributed by atoms with van der Waals surface area (Å²) in [5.41, 5.74) is 0.550. The molecule has 0 radical (unpaired) electrons.